The number of carbonyl (C=O) groups is 2. The molecule has 0 radical (unpaired) electrons. The molecule has 5 nitrogen and oxygen atoms in total. The van der Waals surface area contributed by atoms with Gasteiger partial charge in [0.25, 0.3) is 11.8 Å². The number of nitrogens with one attached hydrogen (secondary N) is 2. The molecule has 2 amide bonds. The number of benzene rings is 2. The van der Waals surface area contributed by atoms with Gasteiger partial charge in [0.1, 0.15) is 0 Å². The van der Waals surface area contributed by atoms with Crippen LogP contribution in [-0.4, -0.2) is 18.4 Å². The fraction of sp³-hybridized carbons (Fsp3) is 0.176. The van der Waals surface area contributed by atoms with Crippen LogP contribution in [-0.2, 0) is 11.2 Å². The number of anilines is 2. The molecule has 0 aromatic heterocycles. The quantitative estimate of drug-likeness (QED) is 0.915. The average molecular weight is 296 g/mol. The van der Waals surface area contributed by atoms with Crippen LogP contribution in [0.5, 0.6) is 5.75 Å². The van der Waals surface area contributed by atoms with Gasteiger partial charge in [0.2, 0.25) is 0 Å². The molecule has 2 aromatic rings. The lowest BCUT2D eigenvalue weighted by Gasteiger charge is -2.20. The minimum Gasteiger partial charge on any atom is -0.481 e. The smallest absolute Gasteiger partial charge is 0.262 e. The van der Waals surface area contributed by atoms with Crippen molar-refractivity contribution in [3.05, 3.63) is 53.6 Å². The molecule has 0 saturated heterocycles. The Bertz CT molecular complexity index is 723. The topological polar surface area (TPSA) is 67.4 Å². The number of rotatable bonds is 3. The summed E-state index contributed by atoms with van der Waals surface area (Å²) in [5.41, 5.74) is 2.85. The lowest BCUT2D eigenvalue weighted by molar-refractivity contribution is -0.118. The fourth-order valence-corrected chi connectivity index (χ4v) is 2.32. The lowest BCUT2D eigenvalue weighted by atomic mass is 10.1. The first-order valence-corrected chi connectivity index (χ1v) is 7.13. The van der Waals surface area contributed by atoms with Crippen molar-refractivity contribution < 1.29 is 14.3 Å². The minimum absolute atomic E-state index is 0.0809. The van der Waals surface area contributed by atoms with Crippen molar-refractivity contribution in [2.75, 3.05) is 17.2 Å². The third-order valence-electron chi connectivity index (χ3n) is 3.50. The van der Waals surface area contributed by atoms with Gasteiger partial charge in [-0.25, -0.2) is 0 Å². The Balaban J connectivity index is 1.83. The Morgan fingerprint density at radius 1 is 1.23 bits per heavy atom. The minimum atomic E-state index is -0.266. The molecule has 22 heavy (non-hydrogen) atoms. The second-order valence-corrected chi connectivity index (χ2v) is 5.02. The molecule has 0 fully saturated rings. The maximum atomic E-state index is 12.4. The number of ether oxygens (including phenoxy) is 1. The second kappa shape index (κ2) is 5.89. The van der Waals surface area contributed by atoms with E-state index >= 15 is 0 Å². The molecular weight excluding hydrogens is 280 g/mol. The Morgan fingerprint density at radius 3 is 2.73 bits per heavy atom. The third-order valence-corrected chi connectivity index (χ3v) is 3.50. The summed E-state index contributed by atoms with van der Waals surface area (Å²) >= 11 is 0. The van der Waals surface area contributed by atoms with Gasteiger partial charge >= 0.3 is 0 Å². The van der Waals surface area contributed by atoms with Crippen LogP contribution in [0.15, 0.2) is 42.5 Å². The molecule has 0 saturated carbocycles. The highest BCUT2D eigenvalue weighted by atomic mass is 16.5. The van der Waals surface area contributed by atoms with Crippen LogP contribution >= 0.6 is 0 Å². The van der Waals surface area contributed by atoms with Gasteiger partial charge in [-0.05, 0) is 36.2 Å². The van der Waals surface area contributed by atoms with E-state index < -0.39 is 0 Å². The SMILES string of the molecule is CCc1ccc(NC(=O)c2cccc3c2OCC(=O)N3)cc1. The second-order valence-electron chi connectivity index (χ2n) is 5.02. The Kier molecular flexibility index (Phi) is 3.78. The van der Waals surface area contributed by atoms with E-state index in [1.807, 2.05) is 24.3 Å². The largest absolute Gasteiger partial charge is 0.481 e. The highest BCUT2D eigenvalue weighted by molar-refractivity contribution is 6.09. The number of para-hydroxylation sites is 1. The molecule has 3 rings (SSSR count). The first-order valence-electron chi connectivity index (χ1n) is 7.13. The molecule has 1 aliphatic heterocycles. The van der Waals surface area contributed by atoms with Gasteiger partial charge < -0.3 is 15.4 Å². The van der Waals surface area contributed by atoms with Crippen LogP contribution in [0.2, 0.25) is 0 Å². The number of fused-ring (bicyclic) bond motifs is 1. The molecule has 0 aliphatic carbocycles. The Labute approximate surface area is 128 Å². The summed E-state index contributed by atoms with van der Waals surface area (Å²) in [6, 6.07) is 12.8. The summed E-state index contributed by atoms with van der Waals surface area (Å²) in [4.78, 5) is 23.7. The number of hydrogen-bond donors (Lipinski definition) is 2. The zero-order chi connectivity index (χ0) is 15.5. The molecule has 2 N–H and O–H groups in total. The summed E-state index contributed by atoms with van der Waals surface area (Å²) in [6.07, 6.45) is 0.952. The first kappa shape index (κ1) is 14.1. The zero-order valence-corrected chi connectivity index (χ0v) is 12.2. The molecule has 0 bridgehead atoms. The summed E-state index contributed by atoms with van der Waals surface area (Å²) in [6.45, 7) is 2.00. The van der Waals surface area contributed by atoms with Crippen LogP contribution < -0.4 is 15.4 Å². The van der Waals surface area contributed by atoms with E-state index in [9.17, 15) is 9.59 Å². The normalized spacial score (nSPS) is 12.9. The molecule has 5 heteroatoms. The summed E-state index contributed by atoms with van der Waals surface area (Å²) < 4.78 is 5.39. The van der Waals surface area contributed by atoms with Crippen LogP contribution in [0.25, 0.3) is 0 Å². The highest BCUT2D eigenvalue weighted by Crippen LogP contribution is 2.32. The van der Waals surface area contributed by atoms with Gasteiger partial charge in [-0.1, -0.05) is 25.1 Å². The molecular formula is C17H16N2O3. The fourth-order valence-electron chi connectivity index (χ4n) is 2.32. The number of amides is 2. The maximum Gasteiger partial charge on any atom is 0.262 e. The van der Waals surface area contributed by atoms with Crippen molar-refractivity contribution in [3.63, 3.8) is 0 Å². The van der Waals surface area contributed by atoms with E-state index in [4.69, 9.17) is 4.74 Å². The zero-order valence-electron chi connectivity index (χ0n) is 12.2. The molecule has 1 aliphatic rings. The molecule has 1 heterocycles. The van der Waals surface area contributed by atoms with Crippen molar-refractivity contribution in [1.29, 1.82) is 0 Å². The van der Waals surface area contributed by atoms with Crippen molar-refractivity contribution in [3.8, 4) is 5.75 Å². The van der Waals surface area contributed by atoms with E-state index in [0.29, 0.717) is 17.0 Å². The summed E-state index contributed by atoms with van der Waals surface area (Å²) in [5, 5.41) is 5.53. The van der Waals surface area contributed by atoms with Gasteiger partial charge in [0.15, 0.2) is 12.4 Å². The van der Waals surface area contributed by atoms with Crippen LogP contribution in [0.3, 0.4) is 0 Å². The predicted molar refractivity (Wildman–Crippen MR) is 84.3 cm³/mol. The van der Waals surface area contributed by atoms with E-state index in [1.165, 1.54) is 5.56 Å². The molecule has 0 unspecified atom stereocenters. The lowest BCUT2D eigenvalue weighted by Crippen LogP contribution is -2.27. The van der Waals surface area contributed by atoms with Gasteiger partial charge in [0, 0.05) is 5.69 Å². The van der Waals surface area contributed by atoms with E-state index in [0.717, 1.165) is 12.1 Å². The van der Waals surface area contributed by atoms with Gasteiger partial charge in [0.05, 0.1) is 11.3 Å². The number of hydrogen-bond acceptors (Lipinski definition) is 3. The van der Waals surface area contributed by atoms with E-state index in [-0.39, 0.29) is 18.4 Å². The Hall–Kier alpha value is -2.82. The summed E-state index contributed by atoms with van der Waals surface area (Å²) in [7, 11) is 0. The molecule has 2 aromatic carbocycles. The average Bonchev–Trinajstić information content (AvgIpc) is 2.54. The molecule has 0 spiro atoms. The van der Waals surface area contributed by atoms with E-state index in [1.54, 1.807) is 18.2 Å². The van der Waals surface area contributed by atoms with Gasteiger partial charge in [-0.3, -0.25) is 9.59 Å². The summed E-state index contributed by atoms with van der Waals surface area (Å²) in [5.74, 6) is -0.0813. The molecule has 112 valence electrons. The first-order chi connectivity index (χ1) is 10.7. The van der Waals surface area contributed by atoms with Gasteiger partial charge in [-0.15, -0.1) is 0 Å². The Morgan fingerprint density at radius 2 is 2.00 bits per heavy atom. The van der Waals surface area contributed by atoms with Crippen molar-refractivity contribution in [2.24, 2.45) is 0 Å². The molecule has 0 atom stereocenters. The van der Waals surface area contributed by atoms with Crippen molar-refractivity contribution in [2.45, 2.75) is 13.3 Å². The van der Waals surface area contributed by atoms with E-state index in [2.05, 4.69) is 17.6 Å². The highest BCUT2D eigenvalue weighted by Gasteiger charge is 2.22. The van der Waals surface area contributed by atoms with Gasteiger partial charge in [-0.2, -0.15) is 0 Å². The van der Waals surface area contributed by atoms with Crippen molar-refractivity contribution >= 4 is 23.2 Å². The van der Waals surface area contributed by atoms with Crippen LogP contribution in [0, 0.1) is 0 Å². The monoisotopic (exact) mass is 296 g/mol. The predicted octanol–water partition coefficient (Wildman–Crippen LogP) is 2.83. The maximum absolute atomic E-state index is 12.4. The van der Waals surface area contributed by atoms with Crippen LogP contribution in [0.4, 0.5) is 11.4 Å². The number of aryl methyl sites for hydroxylation is 1. The third kappa shape index (κ3) is 2.79. The number of carbonyl (C=O) groups excluding carboxylic acids is 2. The standard InChI is InChI=1S/C17H16N2O3/c1-2-11-6-8-12(9-7-11)18-17(21)13-4-3-5-14-16(13)22-10-15(20)19-14/h3-9H,2,10H2,1H3,(H,18,21)(H,19,20). The van der Waals surface area contributed by atoms with Crippen LogP contribution in [0.1, 0.15) is 22.8 Å². The van der Waals surface area contributed by atoms with Crippen molar-refractivity contribution in [1.82, 2.24) is 0 Å².